The van der Waals surface area contributed by atoms with E-state index in [1.807, 2.05) is 24.0 Å². The smallest absolute Gasteiger partial charge is 0.141 e. The number of thioether (sulfide) groups is 1. The van der Waals surface area contributed by atoms with Gasteiger partial charge in [0.1, 0.15) is 11.6 Å². The fourth-order valence-corrected chi connectivity index (χ4v) is 3.42. The van der Waals surface area contributed by atoms with Crippen molar-refractivity contribution >= 4 is 22.8 Å². The minimum Gasteiger partial charge on any atom is -0.338 e. The molecule has 0 saturated carbocycles. The Bertz CT molecular complexity index is 1000. The van der Waals surface area contributed by atoms with E-state index < -0.39 is 0 Å². The van der Waals surface area contributed by atoms with Crippen LogP contribution in [0, 0.1) is 5.82 Å². The van der Waals surface area contributed by atoms with Crippen molar-refractivity contribution in [3.8, 4) is 17.1 Å². The number of fused-ring (bicyclic) bond motifs is 1. The molecule has 0 unspecified atom stereocenters. The summed E-state index contributed by atoms with van der Waals surface area (Å²) >= 11 is 1.85. The van der Waals surface area contributed by atoms with Gasteiger partial charge in [-0.25, -0.2) is 14.1 Å². The van der Waals surface area contributed by atoms with Crippen molar-refractivity contribution in [2.24, 2.45) is 0 Å². The van der Waals surface area contributed by atoms with Crippen molar-refractivity contribution in [1.29, 1.82) is 0 Å². The highest BCUT2D eigenvalue weighted by Crippen LogP contribution is 2.26. The molecule has 2 heterocycles. The number of aromatic amines is 1. The van der Waals surface area contributed by atoms with Gasteiger partial charge in [-0.2, -0.15) is 5.10 Å². The van der Waals surface area contributed by atoms with E-state index in [2.05, 4.69) is 34.1 Å². The van der Waals surface area contributed by atoms with Crippen LogP contribution in [0.5, 0.6) is 0 Å². The first-order chi connectivity index (χ1) is 12.2. The maximum atomic E-state index is 13.1. The average molecular weight is 352 g/mol. The normalized spacial score (nSPS) is 11.3. The fourth-order valence-electron chi connectivity index (χ4n) is 2.62. The molecule has 126 valence electrons. The summed E-state index contributed by atoms with van der Waals surface area (Å²) in [4.78, 5) is 9.25. The molecule has 0 radical (unpaired) electrons. The summed E-state index contributed by atoms with van der Waals surface area (Å²) in [6.45, 7) is 2.18. The lowest BCUT2D eigenvalue weighted by molar-refractivity contribution is 0.627. The zero-order valence-electron chi connectivity index (χ0n) is 13.7. The van der Waals surface area contributed by atoms with Crippen LogP contribution in [0.4, 0.5) is 4.39 Å². The molecule has 1 N–H and O–H groups in total. The lowest BCUT2D eigenvalue weighted by atomic mass is 10.3. The van der Waals surface area contributed by atoms with Crippen LogP contribution < -0.4 is 0 Å². The van der Waals surface area contributed by atoms with E-state index in [1.54, 1.807) is 23.0 Å². The van der Waals surface area contributed by atoms with Gasteiger partial charge in [0.25, 0.3) is 0 Å². The number of nitrogens with one attached hydrogen (secondary N) is 1. The van der Waals surface area contributed by atoms with Crippen molar-refractivity contribution in [2.75, 3.05) is 5.75 Å². The molecular formula is C19H17FN4S. The molecule has 25 heavy (non-hydrogen) atoms. The first-order valence-corrected chi connectivity index (χ1v) is 9.15. The molecule has 6 heteroatoms. The summed E-state index contributed by atoms with van der Waals surface area (Å²) in [7, 11) is 0. The Labute approximate surface area is 149 Å². The van der Waals surface area contributed by atoms with Crippen molar-refractivity contribution in [1.82, 2.24) is 19.7 Å². The number of aromatic nitrogens is 4. The molecule has 0 fully saturated rings. The van der Waals surface area contributed by atoms with E-state index in [-0.39, 0.29) is 5.82 Å². The van der Waals surface area contributed by atoms with E-state index in [0.717, 1.165) is 40.3 Å². The van der Waals surface area contributed by atoms with Gasteiger partial charge in [-0.05, 0) is 54.6 Å². The van der Waals surface area contributed by atoms with E-state index in [9.17, 15) is 4.39 Å². The summed E-state index contributed by atoms with van der Waals surface area (Å²) < 4.78 is 14.8. The predicted octanol–water partition coefficient (Wildman–Crippen LogP) is 5.06. The van der Waals surface area contributed by atoms with Crippen molar-refractivity contribution < 1.29 is 4.39 Å². The van der Waals surface area contributed by atoms with Gasteiger partial charge >= 0.3 is 0 Å². The minimum absolute atomic E-state index is 0.259. The van der Waals surface area contributed by atoms with Crippen LogP contribution in [0.2, 0.25) is 0 Å². The van der Waals surface area contributed by atoms with Crippen LogP contribution in [0.1, 0.15) is 13.3 Å². The molecule has 4 rings (SSSR count). The van der Waals surface area contributed by atoms with Crippen molar-refractivity contribution in [2.45, 2.75) is 18.2 Å². The number of hydrogen-bond donors (Lipinski definition) is 1. The molecule has 0 bridgehead atoms. The van der Waals surface area contributed by atoms with Crippen LogP contribution in [0.3, 0.4) is 0 Å². The van der Waals surface area contributed by atoms with Crippen LogP contribution in [0.15, 0.2) is 59.8 Å². The Hall–Kier alpha value is -2.60. The van der Waals surface area contributed by atoms with Crippen LogP contribution in [-0.4, -0.2) is 25.5 Å². The third-order valence-corrected chi connectivity index (χ3v) is 5.07. The summed E-state index contributed by atoms with van der Waals surface area (Å²) in [6, 6.07) is 12.5. The fraction of sp³-hybridized carbons (Fsp3) is 0.158. The second-order valence-electron chi connectivity index (χ2n) is 5.76. The van der Waals surface area contributed by atoms with E-state index in [1.165, 1.54) is 17.0 Å². The number of H-pyrrole nitrogens is 1. The molecular weight excluding hydrogens is 335 g/mol. The molecule has 0 atom stereocenters. The lowest BCUT2D eigenvalue weighted by Gasteiger charge is -1.99. The van der Waals surface area contributed by atoms with Crippen LogP contribution in [0.25, 0.3) is 28.1 Å². The minimum atomic E-state index is -0.259. The second kappa shape index (κ2) is 6.72. The van der Waals surface area contributed by atoms with Crippen molar-refractivity contribution in [3.05, 3.63) is 60.7 Å². The Balaban J connectivity index is 1.64. The first kappa shape index (κ1) is 15.9. The molecule has 0 aliphatic rings. The Kier molecular flexibility index (Phi) is 4.28. The van der Waals surface area contributed by atoms with Crippen LogP contribution >= 0.6 is 11.8 Å². The molecule has 2 aromatic carbocycles. The number of hydrogen-bond acceptors (Lipinski definition) is 3. The third-order valence-electron chi connectivity index (χ3n) is 3.87. The zero-order chi connectivity index (χ0) is 17.2. The third kappa shape index (κ3) is 3.30. The van der Waals surface area contributed by atoms with E-state index in [4.69, 9.17) is 0 Å². The van der Waals surface area contributed by atoms with Gasteiger partial charge in [0.2, 0.25) is 0 Å². The largest absolute Gasteiger partial charge is 0.338 e. The average Bonchev–Trinajstić information content (AvgIpc) is 3.27. The molecule has 0 saturated heterocycles. The molecule has 0 spiro atoms. The number of benzene rings is 2. The Morgan fingerprint density at radius 1 is 1.16 bits per heavy atom. The zero-order valence-corrected chi connectivity index (χ0v) is 14.6. The standard InChI is InChI=1S/C19H17FN4S/c1-2-9-25-16-7-8-17-18(10-16)23-19(22-17)13-11-21-24(12-13)15-5-3-14(20)4-6-15/h3-8,10-12H,2,9H2,1H3,(H,22,23). The summed E-state index contributed by atoms with van der Waals surface area (Å²) in [6.07, 6.45) is 4.80. The van der Waals surface area contributed by atoms with Gasteiger partial charge in [0, 0.05) is 11.1 Å². The van der Waals surface area contributed by atoms with Gasteiger partial charge in [0.05, 0.1) is 28.5 Å². The van der Waals surface area contributed by atoms with Gasteiger partial charge < -0.3 is 4.98 Å². The summed E-state index contributed by atoms with van der Waals surface area (Å²) in [5.41, 5.74) is 3.65. The number of rotatable bonds is 5. The highest BCUT2D eigenvalue weighted by atomic mass is 32.2. The number of halogens is 1. The maximum Gasteiger partial charge on any atom is 0.141 e. The predicted molar refractivity (Wildman–Crippen MR) is 99.6 cm³/mol. The van der Waals surface area contributed by atoms with E-state index >= 15 is 0 Å². The van der Waals surface area contributed by atoms with Gasteiger partial charge in [-0.3, -0.25) is 0 Å². The summed E-state index contributed by atoms with van der Waals surface area (Å²) in [5.74, 6) is 1.63. The molecule has 4 nitrogen and oxygen atoms in total. The van der Waals surface area contributed by atoms with Crippen LogP contribution in [-0.2, 0) is 0 Å². The van der Waals surface area contributed by atoms with E-state index in [0.29, 0.717) is 0 Å². The highest BCUT2D eigenvalue weighted by Gasteiger charge is 2.09. The molecule has 4 aromatic rings. The number of nitrogens with zero attached hydrogens (tertiary/aromatic N) is 3. The SMILES string of the molecule is CCCSc1ccc2nc(-c3cnn(-c4ccc(F)cc4)c3)[nH]c2c1. The second-order valence-corrected chi connectivity index (χ2v) is 6.93. The van der Waals surface area contributed by atoms with Crippen molar-refractivity contribution in [3.63, 3.8) is 0 Å². The molecule has 2 aromatic heterocycles. The van der Waals surface area contributed by atoms with Gasteiger partial charge in [0.15, 0.2) is 0 Å². The van der Waals surface area contributed by atoms with Gasteiger partial charge in [-0.15, -0.1) is 11.8 Å². The molecule has 0 amide bonds. The lowest BCUT2D eigenvalue weighted by Crippen LogP contribution is -1.93. The van der Waals surface area contributed by atoms with Gasteiger partial charge in [-0.1, -0.05) is 6.92 Å². The Morgan fingerprint density at radius 2 is 2.00 bits per heavy atom. The quantitative estimate of drug-likeness (QED) is 0.511. The summed E-state index contributed by atoms with van der Waals surface area (Å²) in [5, 5.41) is 4.35. The molecule has 0 aliphatic heterocycles. The first-order valence-electron chi connectivity index (χ1n) is 8.16. The number of imidazole rings is 1. The molecule has 0 aliphatic carbocycles. The Morgan fingerprint density at radius 3 is 2.80 bits per heavy atom. The highest BCUT2D eigenvalue weighted by molar-refractivity contribution is 7.99. The topological polar surface area (TPSA) is 46.5 Å². The maximum absolute atomic E-state index is 13.1. The monoisotopic (exact) mass is 352 g/mol.